The number of carbonyl (C=O) groups is 1. The third-order valence-electron chi connectivity index (χ3n) is 4.63. The molecule has 1 aromatic heterocycles. The lowest BCUT2D eigenvalue weighted by Crippen LogP contribution is -2.18. The summed E-state index contributed by atoms with van der Waals surface area (Å²) >= 11 is 0. The van der Waals surface area contributed by atoms with E-state index in [1.165, 1.54) is 11.1 Å². The fraction of sp³-hybridized carbons (Fsp3) is 0.273. The topological polar surface area (TPSA) is 46.9 Å². The van der Waals surface area contributed by atoms with E-state index in [-0.39, 0.29) is 11.8 Å². The van der Waals surface area contributed by atoms with E-state index in [2.05, 4.69) is 41.6 Å². The average Bonchev–Trinajstić information content (AvgIpc) is 3.13. The molecule has 1 amide bonds. The number of hydrogen-bond donors (Lipinski definition) is 1. The number of benzene rings is 2. The molecular formula is C22H25N3O. The van der Waals surface area contributed by atoms with Gasteiger partial charge in [-0.3, -0.25) is 4.79 Å². The number of nitrogens with zero attached hydrogens (tertiary/aromatic N) is 2. The zero-order valence-corrected chi connectivity index (χ0v) is 15.1. The van der Waals surface area contributed by atoms with Crippen molar-refractivity contribution in [3.63, 3.8) is 0 Å². The van der Waals surface area contributed by atoms with E-state index in [0.29, 0.717) is 6.42 Å². The molecule has 4 heteroatoms. The first kappa shape index (κ1) is 17.9. The molecule has 0 radical (unpaired) electrons. The van der Waals surface area contributed by atoms with Gasteiger partial charge in [0.1, 0.15) is 5.82 Å². The minimum atomic E-state index is 0.0298. The van der Waals surface area contributed by atoms with Crippen LogP contribution in [0.5, 0.6) is 0 Å². The first-order valence-corrected chi connectivity index (χ1v) is 9.16. The molecule has 1 heterocycles. The average molecular weight is 347 g/mol. The Labute approximate surface area is 154 Å². The quantitative estimate of drug-likeness (QED) is 0.645. The lowest BCUT2D eigenvalue weighted by atomic mass is 9.93. The Kier molecular flexibility index (Phi) is 6.20. The third kappa shape index (κ3) is 4.82. The molecule has 2 aromatic carbocycles. The fourth-order valence-electron chi connectivity index (χ4n) is 3.14. The van der Waals surface area contributed by atoms with Crippen LogP contribution in [-0.2, 0) is 17.8 Å². The van der Waals surface area contributed by atoms with Crippen molar-refractivity contribution in [3.05, 3.63) is 84.1 Å². The van der Waals surface area contributed by atoms with E-state index in [1.807, 2.05) is 47.1 Å². The largest absolute Gasteiger partial charge is 0.311 e. The number of rotatable bonds is 8. The van der Waals surface area contributed by atoms with Crippen LogP contribution >= 0.6 is 0 Å². The van der Waals surface area contributed by atoms with Crippen molar-refractivity contribution in [2.75, 3.05) is 5.32 Å². The molecule has 0 aliphatic heterocycles. The summed E-state index contributed by atoms with van der Waals surface area (Å²) in [6.07, 6.45) is 4.02. The lowest BCUT2D eigenvalue weighted by Gasteiger charge is -2.15. The van der Waals surface area contributed by atoms with Crippen molar-refractivity contribution in [1.29, 1.82) is 0 Å². The SMILES string of the molecule is CCC(CC(=O)Nc1ccnn1CCc1ccccc1)c1ccccc1. The van der Waals surface area contributed by atoms with Crippen molar-refractivity contribution in [3.8, 4) is 0 Å². The van der Waals surface area contributed by atoms with Crippen molar-refractivity contribution in [2.45, 2.75) is 38.6 Å². The molecule has 0 aliphatic rings. The summed E-state index contributed by atoms with van der Waals surface area (Å²) in [6.45, 7) is 2.86. The summed E-state index contributed by atoms with van der Waals surface area (Å²) in [5.74, 6) is 1.02. The number of aryl methyl sites for hydroxylation is 2. The van der Waals surface area contributed by atoms with Crippen LogP contribution in [0.3, 0.4) is 0 Å². The van der Waals surface area contributed by atoms with Gasteiger partial charge in [-0.15, -0.1) is 0 Å². The highest BCUT2D eigenvalue weighted by Crippen LogP contribution is 2.23. The van der Waals surface area contributed by atoms with Gasteiger partial charge < -0.3 is 5.32 Å². The predicted octanol–water partition coefficient (Wildman–Crippen LogP) is 4.65. The van der Waals surface area contributed by atoms with Crippen LogP contribution in [0.25, 0.3) is 0 Å². The van der Waals surface area contributed by atoms with Crippen LogP contribution in [0.1, 0.15) is 36.8 Å². The molecular weight excluding hydrogens is 322 g/mol. The molecule has 0 spiro atoms. The molecule has 3 aromatic rings. The van der Waals surface area contributed by atoms with Crippen molar-refractivity contribution in [1.82, 2.24) is 9.78 Å². The number of nitrogens with one attached hydrogen (secondary N) is 1. The molecule has 4 nitrogen and oxygen atoms in total. The van der Waals surface area contributed by atoms with Crippen molar-refractivity contribution >= 4 is 11.7 Å². The number of anilines is 1. The first-order valence-electron chi connectivity index (χ1n) is 9.16. The second kappa shape index (κ2) is 8.99. The zero-order chi connectivity index (χ0) is 18.2. The first-order chi connectivity index (χ1) is 12.8. The lowest BCUT2D eigenvalue weighted by molar-refractivity contribution is -0.116. The fourth-order valence-corrected chi connectivity index (χ4v) is 3.14. The highest BCUT2D eigenvalue weighted by atomic mass is 16.1. The number of hydrogen-bond acceptors (Lipinski definition) is 2. The van der Waals surface area contributed by atoms with Crippen LogP contribution in [0.4, 0.5) is 5.82 Å². The molecule has 0 bridgehead atoms. The van der Waals surface area contributed by atoms with Crippen molar-refractivity contribution in [2.24, 2.45) is 0 Å². The van der Waals surface area contributed by atoms with E-state index in [0.717, 1.165) is 25.2 Å². The monoisotopic (exact) mass is 347 g/mol. The van der Waals surface area contributed by atoms with Crippen LogP contribution in [0.15, 0.2) is 72.9 Å². The van der Waals surface area contributed by atoms with Gasteiger partial charge in [-0.05, 0) is 29.9 Å². The minimum absolute atomic E-state index is 0.0298. The molecule has 1 atom stereocenters. The van der Waals surface area contributed by atoms with Gasteiger partial charge in [0.05, 0.1) is 6.20 Å². The van der Waals surface area contributed by atoms with Crippen LogP contribution in [0, 0.1) is 0 Å². The predicted molar refractivity (Wildman–Crippen MR) is 105 cm³/mol. The summed E-state index contributed by atoms with van der Waals surface area (Å²) in [4.78, 5) is 12.5. The summed E-state index contributed by atoms with van der Waals surface area (Å²) in [5.41, 5.74) is 2.47. The number of carbonyl (C=O) groups excluding carboxylic acids is 1. The zero-order valence-electron chi connectivity index (χ0n) is 15.1. The second-order valence-corrected chi connectivity index (χ2v) is 6.44. The van der Waals surface area contributed by atoms with Gasteiger partial charge in [0.15, 0.2) is 0 Å². The third-order valence-corrected chi connectivity index (χ3v) is 4.63. The molecule has 0 saturated heterocycles. The van der Waals surface area contributed by atoms with Crippen LogP contribution in [-0.4, -0.2) is 15.7 Å². The molecule has 1 N–H and O–H groups in total. The van der Waals surface area contributed by atoms with Gasteiger partial charge in [0.2, 0.25) is 5.91 Å². The molecule has 0 fully saturated rings. The van der Waals surface area contributed by atoms with Crippen molar-refractivity contribution < 1.29 is 4.79 Å². The summed E-state index contributed by atoms with van der Waals surface area (Å²) in [7, 11) is 0. The van der Waals surface area contributed by atoms with E-state index < -0.39 is 0 Å². The maximum Gasteiger partial charge on any atom is 0.226 e. The van der Waals surface area contributed by atoms with Crippen LogP contribution in [0.2, 0.25) is 0 Å². The van der Waals surface area contributed by atoms with Crippen LogP contribution < -0.4 is 5.32 Å². The molecule has 1 unspecified atom stereocenters. The van der Waals surface area contributed by atoms with E-state index in [9.17, 15) is 4.79 Å². The second-order valence-electron chi connectivity index (χ2n) is 6.44. The van der Waals surface area contributed by atoms with E-state index in [4.69, 9.17) is 0 Å². The molecule has 134 valence electrons. The highest BCUT2D eigenvalue weighted by molar-refractivity contribution is 5.90. The summed E-state index contributed by atoms with van der Waals surface area (Å²) < 4.78 is 1.86. The molecule has 3 rings (SSSR count). The Morgan fingerprint density at radius 3 is 2.42 bits per heavy atom. The Morgan fingerprint density at radius 1 is 1.04 bits per heavy atom. The molecule has 26 heavy (non-hydrogen) atoms. The van der Waals surface area contributed by atoms with E-state index in [1.54, 1.807) is 6.20 Å². The maximum atomic E-state index is 12.5. The Morgan fingerprint density at radius 2 is 1.73 bits per heavy atom. The summed E-state index contributed by atoms with van der Waals surface area (Å²) in [6, 6.07) is 22.4. The molecule has 0 aliphatic carbocycles. The Bertz CT molecular complexity index is 812. The Balaban J connectivity index is 1.58. The van der Waals surface area contributed by atoms with Gasteiger partial charge in [-0.1, -0.05) is 67.6 Å². The minimum Gasteiger partial charge on any atom is -0.311 e. The molecule has 0 saturated carbocycles. The number of aromatic nitrogens is 2. The Hall–Kier alpha value is -2.88. The van der Waals surface area contributed by atoms with E-state index >= 15 is 0 Å². The van der Waals surface area contributed by atoms with Gasteiger partial charge in [-0.2, -0.15) is 5.10 Å². The van der Waals surface area contributed by atoms with Gasteiger partial charge in [0, 0.05) is 19.0 Å². The number of amides is 1. The van der Waals surface area contributed by atoms with Gasteiger partial charge in [0.25, 0.3) is 0 Å². The smallest absolute Gasteiger partial charge is 0.226 e. The highest BCUT2D eigenvalue weighted by Gasteiger charge is 2.15. The van der Waals surface area contributed by atoms with Gasteiger partial charge in [-0.25, -0.2) is 4.68 Å². The summed E-state index contributed by atoms with van der Waals surface area (Å²) in [5, 5.41) is 7.37. The maximum absolute atomic E-state index is 12.5. The van der Waals surface area contributed by atoms with Gasteiger partial charge >= 0.3 is 0 Å². The standard InChI is InChI=1S/C22H25N3O/c1-2-19(20-11-7-4-8-12-20)17-22(26)24-21-13-15-23-25(21)16-14-18-9-5-3-6-10-18/h3-13,15,19H,2,14,16-17H2,1H3,(H,24,26). The normalized spacial score (nSPS) is 11.9.